The fraction of sp³-hybridized carbons (Fsp3) is 0.439. The molecule has 1 saturated heterocycles. The van der Waals surface area contributed by atoms with Crippen LogP contribution in [-0.4, -0.2) is 82.9 Å². The van der Waals surface area contributed by atoms with E-state index in [1.807, 2.05) is 61.5 Å². The number of hydrogen-bond donors (Lipinski definition) is 4. The number of nitrogens with zero attached hydrogens (tertiary/aromatic N) is 3. The van der Waals surface area contributed by atoms with Crippen molar-refractivity contribution in [2.75, 3.05) is 42.7 Å². The van der Waals surface area contributed by atoms with Gasteiger partial charge in [0.1, 0.15) is 5.75 Å². The van der Waals surface area contributed by atoms with E-state index in [9.17, 15) is 29.7 Å². The average molecular weight is 790 g/mol. The normalized spacial score (nSPS) is 21.7. The van der Waals surface area contributed by atoms with E-state index in [0.29, 0.717) is 49.5 Å². The van der Waals surface area contributed by atoms with Crippen LogP contribution in [0.5, 0.6) is 5.75 Å². The van der Waals surface area contributed by atoms with Crippen molar-refractivity contribution in [2.24, 2.45) is 5.92 Å². The van der Waals surface area contributed by atoms with E-state index in [-0.39, 0.29) is 44.0 Å². The van der Waals surface area contributed by atoms with Crippen molar-refractivity contribution in [3.8, 4) is 5.75 Å². The number of ether oxygens (including phenoxy) is 1. The minimum atomic E-state index is -1.88. The highest BCUT2D eigenvalue weighted by Crippen LogP contribution is 2.47. The van der Waals surface area contributed by atoms with Crippen molar-refractivity contribution >= 4 is 50.7 Å². The van der Waals surface area contributed by atoms with Gasteiger partial charge in [0.05, 0.1) is 43.2 Å². The number of unbranched alkanes of at least 4 members (excludes halogenated alkanes) is 1. The summed E-state index contributed by atoms with van der Waals surface area (Å²) in [5, 5.41) is 34.5. The Morgan fingerprint density at radius 1 is 1.09 bits per heavy atom. The molecular formula is C41H49BrN4O7. The first-order chi connectivity index (χ1) is 25.6. The summed E-state index contributed by atoms with van der Waals surface area (Å²) in [4.78, 5) is 46.3. The molecule has 4 N–H and O–H groups in total. The van der Waals surface area contributed by atoms with E-state index in [2.05, 4.69) is 21.2 Å². The number of carbonyl (C=O) groups is 3. The molecule has 6 rings (SSSR count). The maximum atomic E-state index is 14.3. The fourth-order valence-corrected chi connectivity index (χ4v) is 8.12. The molecule has 0 radical (unpaired) electrons. The van der Waals surface area contributed by atoms with E-state index < -0.39 is 23.5 Å². The number of carbonyl (C=O) groups excluding carboxylic acids is 3. The van der Waals surface area contributed by atoms with Crippen LogP contribution in [0.25, 0.3) is 0 Å². The van der Waals surface area contributed by atoms with E-state index in [4.69, 9.17) is 4.74 Å². The van der Waals surface area contributed by atoms with Crippen LogP contribution in [0.3, 0.4) is 0 Å². The first-order valence-corrected chi connectivity index (χ1v) is 19.3. The highest BCUT2D eigenvalue weighted by molar-refractivity contribution is 9.10. The zero-order valence-electron chi connectivity index (χ0n) is 30.3. The van der Waals surface area contributed by atoms with E-state index in [1.54, 1.807) is 39.8 Å². The third kappa shape index (κ3) is 7.93. The maximum Gasteiger partial charge on any atom is 0.264 e. The number of fused-ring (bicyclic) bond motifs is 2. The van der Waals surface area contributed by atoms with Crippen LogP contribution in [0.4, 0.5) is 17.1 Å². The molecule has 12 heteroatoms. The first kappa shape index (κ1) is 38.6. The Morgan fingerprint density at radius 3 is 2.68 bits per heavy atom. The third-order valence-corrected chi connectivity index (χ3v) is 11.0. The molecule has 0 spiro atoms. The van der Waals surface area contributed by atoms with Gasteiger partial charge in [0.2, 0.25) is 11.8 Å². The Balaban J connectivity index is 1.26. The Bertz CT molecular complexity index is 1850. The summed E-state index contributed by atoms with van der Waals surface area (Å²) in [7, 11) is 0. The molecule has 3 aliphatic rings. The number of likely N-dealkylation sites (tertiary alicyclic amines) is 1. The molecule has 1 unspecified atom stereocenters. The molecule has 0 aromatic heterocycles. The lowest BCUT2D eigenvalue weighted by Crippen LogP contribution is -2.49. The highest BCUT2D eigenvalue weighted by Gasteiger charge is 2.52. The van der Waals surface area contributed by atoms with Crippen LogP contribution in [0.1, 0.15) is 62.6 Å². The summed E-state index contributed by atoms with van der Waals surface area (Å²) in [5.41, 5.74) is 2.33. The second kappa shape index (κ2) is 16.9. The molecule has 3 heterocycles. The maximum absolute atomic E-state index is 14.3. The van der Waals surface area contributed by atoms with Crippen molar-refractivity contribution in [3.63, 3.8) is 0 Å². The zero-order valence-corrected chi connectivity index (χ0v) is 31.9. The van der Waals surface area contributed by atoms with Gasteiger partial charge in [0, 0.05) is 41.2 Å². The monoisotopic (exact) mass is 788 g/mol. The summed E-state index contributed by atoms with van der Waals surface area (Å²) < 4.78 is 6.50. The van der Waals surface area contributed by atoms with E-state index in [0.717, 1.165) is 46.3 Å². The van der Waals surface area contributed by atoms with Gasteiger partial charge >= 0.3 is 0 Å². The standard InChI is InChI=1S/C41H49BrN4O7/c1-3-53-33-15-17-36-29(22-33)23-35(43-18-4-5-20-47)39(50)46(36)31-11-7-10-28(21-31)25-45-37-16-14-30(42)24-34(37)41(52,40(45)51)27(2)9-6-13-38(49)44-19-8-12-32(44)26-48/h6-7,9-11,14-17,21-22,24,27,32,35,43,47-48,52H,3-5,8,12-13,18-20,23,25-26H2,1-2H3/b9-6+/t27-,32+,35?,41+/m1/s1. The van der Waals surface area contributed by atoms with Gasteiger partial charge in [-0.25, -0.2) is 0 Å². The topological polar surface area (TPSA) is 143 Å². The van der Waals surface area contributed by atoms with Gasteiger partial charge in [0.25, 0.3) is 5.91 Å². The minimum Gasteiger partial charge on any atom is -0.494 e. The molecule has 53 heavy (non-hydrogen) atoms. The lowest BCUT2D eigenvalue weighted by Gasteiger charge is -2.35. The molecule has 282 valence electrons. The third-order valence-electron chi connectivity index (χ3n) is 10.5. The Hall–Kier alpha value is -4.07. The molecule has 0 saturated carbocycles. The first-order valence-electron chi connectivity index (χ1n) is 18.5. The van der Waals surface area contributed by atoms with E-state index in [1.165, 1.54) is 0 Å². The molecular weight excluding hydrogens is 740 g/mol. The predicted octanol–water partition coefficient (Wildman–Crippen LogP) is 5.10. The highest BCUT2D eigenvalue weighted by atomic mass is 79.9. The van der Waals surface area contributed by atoms with Crippen molar-refractivity contribution < 1.29 is 34.4 Å². The smallest absolute Gasteiger partial charge is 0.264 e. The molecule has 0 bridgehead atoms. The molecule has 11 nitrogen and oxygen atoms in total. The van der Waals surface area contributed by atoms with Crippen LogP contribution in [0.2, 0.25) is 0 Å². The molecule has 3 amide bonds. The number of halogens is 1. The van der Waals surface area contributed by atoms with Crippen LogP contribution < -0.4 is 19.9 Å². The minimum absolute atomic E-state index is 0.0642. The largest absolute Gasteiger partial charge is 0.494 e. The molecule has 1 fully saturated rings. The van der Waals surface area contributed by atoms with Crippen LogP contribution in [0, 0.1) is 5.92 Å². The second-order valence-corrected chi connectivity index (χ2v) is 14.9. The summed E-state index contributed by atoms with van der Waals surface area (Å²) in [6.45, 7) is 5.61. The number of aliphatic hydroxyl groups is 3. The van der Waals surface area contributed by atoms with Gasteiger partial charge in [-0.15, -0.1) is 0 Å². The van der Waals surface area contributed by atoms with Crippen molar-refractivity contribution in [3.05, 3.63) is 94.0 Å². The Morgan fingerprint density at radius 2 is 1.91 bits per heavy atom. The SMILES string of the molecule is CCOc1ccc2c(c1)CC(NCCCCO)C(=O)N2c1cccc(CN2C(=O)[C@](O)([C@H](C)/C=C/CC(=O)N3CCC[C@H]3CO)c3cc(Br)ccc32)c1. The number of anilines is 3. The quantitative estimate of drug-likeness (QED) is 0.123. The summed E-state index contributed by atoms with van der Waals surface area (Å²) in [6.07, 6.45) is 7.06. The molecule has 3 aromatic rings. The summed E-state index contributed by atoms with van der Waals surface area (Å²) >= 11 is 3.52. The lowest BCUT2D eigenvalue weighted by atomic mass is 9.83. The van der Waals surface area contributed by atoms with Gasteiger partial charge < -0.3 is 35.2 Å². The average Bonchev–Trinajstić information content (AvgIpc) is 3.72. The fourth-order valence-electron chi connectivity index (χ4n) is 7.76. The Kier molecular flexibility index (Phi) is 12.4. The number of amides is 3. The molecule has 3 aliphatic heterocycles. The van der Waals surface area contributed by atoms with Gasteiger partial charge in [0.15, 0.2) is 5.60 Å². The van der Waals surface area contributed by atoms with Gasteiger partial charge in [-0.05, 0) is 105 Å². The number of rotatable bonds is 15. The number of benzene rings is 3. The van der Waals surface area contributed by atoms with Crippen molar-refractivity contribution in [1.82, 2.24) is 10.2 Å². The number of hydrogen-bond acceptors (Lipinski definition) is 8. The van der Waals surface area contributed by atoms with Gasteiger partial charge in [-0.3, -0.25) is 19.3 Å². The summed E-state index contributed by atoms with van der Waals surface area (Å²) in [5.74, 6) is -0.594. The van der Waals surface area contributed by atoms with Crippen molar-refractivity contribution in [1.29, 1.82) is 0 Å². The van der Waals surface area contributed by atoms with Crippen LogP contribution >= 0.6 is 15.9 Å². The van der Waals surface area contributed by atoms with Gasteiger partial charge in [-0.2, -0.15) is 0 Å². The van der Waals surface area contributed by atoms with Gasteiger partial charge in [-0.1, -0.05) is 47.1 Å². The van der Waals surface area contributed by atoms with Crippen molar-refractivity contribution in [2.45, 2.75) is 76.6 Å². The molecule has 0 aliphatic carbocycles. The predicted molar refractivity (Wildman–Crippen MR) is 207 cm³/mol. The second-order valence-electron chi connectivity index (χ2n) is 14.0. The van der Waals surface area contributed by atoms with Crippen LogP contribution in [-0.2, 0) is 33.0 Å². The number of aliphatic hydroxyl groups excluding tert-OH is 2. The number of nitrogens with one attached hydrogen (secondary N) is 1. The Labute approximate surface area is 319 Å². The molecule has 4 atom stereocenters. The molecule has 3 aromatic carbocycles. The lowest BCUT2D eigenvalue weighted by molar-refractivity contribution is -0.139. The van der Waals surface area contributed by atoms with E-state index >= 15 is 0 Å². The zero-order chi connectivity index (χ0) is 37.7. The summed E-state index contributed by atoms with van der Waals surface area (Å²) in [6, 6.07) is 18.1. The van der Waals surface area contributed by atoms with Crippen LogP contribution in [0.15, 0.2) is 77.3 Å².